The number of amides is 1. The second-order valence-corrected chi connectivity index (χ2v) is 8.81. The topological polar surface area (TPSA) is 59.8 Å². The van der Waals surface area contributed by atoms with Crippen LogP contribution in [0.25, 0.3) is 11.4 Å². The Balaban J connectivity index is 1.58. The summed E-state index contributed by atoms with van der Waals surface area (Å²) in [7, 11) is 0. The van der Waals surface area contributed by atoms with Gasteiger partial charge in [0.25, 0.3) is 0 Å². The maximum Gasteiger partial charge on any atom is 0.234 e. The number of benzene rings is 3. The van der Waals surface area contributed by atoms with Gasteiger partial charge in [0.2, 0.25) is 5.91 Å². The summed E-state index contributed by atoms with van der Waals surface area (Å²) in [6.45, 7) is 4.56. The van der Waals surface area contributed by atoms with Gasteiger partial charge in [0, 0.05) is 11.3 Å². The molecule has 0 saturated carbocycles. The predicted octanol–water partition coefficient (Wildman–Crippen LogP) is 5.99. The Kier molecular flexibility index (Phi) is 6.93. The van der Waals surface area contributed by atoms with Crippen molar-refractivity contribution in [2.24, 2.45) is 0 Å². The SMILES string of the molecule is Cc1cccc(C)c1NC(=O)CSc1nnc(-c2ccccc2Cl)n1Cc1ccccc1. The first-order valence-corrected chi connectivity index (χ1v) is 11.6. The molecule has 0 aliphatic carbocycles. The Bertz CT molecular complexity index is 1220. The lowest BCUT2D eigenvalue weighted by Gasteiger charge is -2.13. The Morgan fingerprint density at radius 1 is 0.938 bits per heavy atom. The average Bonchev–Trinajstić information content (AvgIpc) is 3.18. The van der Waals surface area contributed by atoms with E-state index in [9.17, 15) is 4.79 Å². The van der Waals surface area contributed by atoms with Crippen LogP contribution in [0.1, 0.15) is 16.7 Å². The van der Waals surface area contributed by atoms with Crippen LogP contribution in [0, 0.1) is 13.8 Å². The van der Waals surface area contributed by atoms with E-state index in [4.69, 9.17) is 11.6 Å². The lowest BCUT2D eigenvalue weighted by Crippen LogP contribution is -2.16. The van der Waals surface area contributed by atoms with Crippen molar-refractivity contribution >= 4 is 35.0 Å². The number of anilines is 1. The first-order chi connectivity index (χ1) is 15.5. The van der Waals surface area contributed by atoms with Crippen LogP contribution >= 0.6 is 23.4 Å². The molecule has 3 aromatic carbocycles. The summed E-state index contributed by atoms with van der Waals surface area (Å²) in [4.78, 5) is 12.7. The molecule has 5 nitrogen and oxygen atoms in total. The Morgan fingerprint density at radius 3 is 2.34 bits per heavy atom. The summed E-state index contributed by atoms with van der Waals surface area (Å²) >= 11 is 7.80. The molecule has 32 heavy (non-hydrogen) atoms. The van der Waals surface area contributed by atoms with Gasteiger partial charge in [-0.25, -0.2) is 0 Å². The second-order valence-electron chi connectivity index (χ2n) is 7.46. The highest BCUT2D eigenvalue weighted by molar-refractivity contribution is 7.99. The smallest absolute Gasteiger partial charge is 0.234 e. The minimum Gasteiger partial charge on any atom is -0.325 e. The van der Waals surface area contributed by atoms with Crippen molar-refractivity contribution in [3.05, 3.63) is 94.5 Å². The average molecular weight is 463 g/mol. The molecule has 1 aromatic heterocycles. The number of thioether (sulfide) groups is 1. The van der Waals surface area contributed by atoms with Gasteiger partial charge in [0.15, 0.2) is 11.0 Å². The molecule has 0 fully saturated rings. The number of nitrogens with one attached hydrogen (secondary N) is 1. The van der Waals surface area contributed by atoms with Gasteiger partial charge in [-0.05, 0) is 42.7 Å². The van der Waals surface area contributed by atoms with Gasteiger partial charge in [-0.1, -0.05) is 84.0 Å². The van der Waals surface area contributed by atoms with Crippen molar-refractivity contribution in [1.29, 1.82) is 0 Å². The molecule has 0 bridgehead atoms. The lowest BCUT2D eigenvalue weighted by atomic mass is 10.1. The standard InChI is InChI=1S/C25H23ClN4OS/c1-17-9-8-10-18(2)23(17)27-22(31)16-32-25-29-28-24(20-13-6-7-14-21(20)26)30(25)15-19-11-4-3-5-12-19/h3-14H,15-16H2,1-2H3,(H,27,31). The monoisotopic (exact) mass is 462 g/mol. The highest BCUT2D eigenvalue weighted by Crippen LogP contribution is 2.30. The molecule has 1 N–H and O–H groups in total. The third-order valence-corrected chi connectivity index (χ3v) is 6.39. The number of nitrogens with zero attached hydrogens (tertiary/aromatic N) is 3. The fourth-order valence-corrected chi connectivity index (χ4v) is 4.42. The van der Waals surface area contributed by atoms with Crippen LogP contribution in [-0.4, -0.2) is 26.4 Å². The van der Waals surface area contributed by atoms with Crippen LogP contribution in [0.3, 0.4) is 0 Å². The molecule has 0 saturated heterocycles. The molecule has 0 radical (unpaired) electrons. The van der Waals surface area contributed by atoms with Crippen molar-refractivity contribution in [2.75, 3.05) is 11.1 Å². The molecule has 0 atom stereocenters. The number of aromatic nitrogens is 3. The van der Waals surface area contributed by atoms with Crippen LogP contribution in [0.4, 0.5) is 5.69 Å². The normalized spacial score (nSPS) is 10.8. The largest absolute Gasteiger partial charge is 0.325 e. The number of aryl methyl sites for hydroxylation is 2. The zero-order chi connectivity index (χ0) is 22.5. The Morgan fingerprint density at radius 2 is 1.62 bits per heavy atom. The quantitative estimate of drug-likeness (QED) is 0.342. The van der Waals surface area contributed by atoms with E-state index in [1.807, 2.05) is 79.1 Å². The number of carbonyl (C=O) groups excluding carboxylic acids is 1. The second kappa shape index (κ2) is 10.0. The summed E-state index contributed by atoms with van der Waals surface area (Å²) in [5, 5.41) is 13.1. The van der Waals surface area contributed by atoms with Gasteiger partial charge in [-0.15, -0.1) is 10.2 Å². The van der Waals surface area contributed by atoms with E-state index in [1.165, 1.54) is 11.8 Å². The van der Waals surface area contributed by atoms with Gasteiger partial charge in [-0.3, -0.25) is 9.36 Å². The zero-order valence-electron chi connectivity index (χ0n) is 17.9. The molecule has 1 heterocycles. The molecule has 1 amide bonds. The van der Waals surface area contributed by atoms with Gasteiger partial charge in [-0.2, -0.15) is 0 Å². The molecule has 0 unspecified atom stereocenters. The van der Waals surface area contributed by atoms with E-state index < -0.39 is 0 Å². The van der Waals surface area contributed by atoms with E-state index in [0.717, 1.165) is 27.9 Å². The van der Waals surface area contributed by atoms with Crippen molar-refractivity contribution in [3.63, 3.8) is 0 Å². The van der Waals surface area contributed by atoms with E-state index in [1.54, 1.807) is 0 Å². The molecule has 0 aliphatic rings. The van der Waals surface area contributed by atoms with Crippen LogP contribution in [-0.2, 0) is 11.3 Å². The van der Waals surface area contributed by atoms with Gasteiger partial charge in [0.05, 0.1) is 17.3 Å². The fraction of sp³-hybridized carbons (Fsp3) is 0.160. The third kappa shape index (κ3) is 5.03. The highest BCUT2D eigenvalue weighted by Gasteiger charge is 2.18. The number of hydrogen-bond donors (Lipinski definition) is 1. The number of rotatable bonds is 7. The van der Waals surface area contributed by atoms with E-state index >= 15 is 0 Å². The summed E-state index contributed by atoms with van der Waals surface area (Å²) in [5.74, 6) is 0.821. The summed E-state index contributed by atoms with van der Waals surface area (Å²) in [6.07, 6.45) is 0. The number of para-hydroxylation sites is 1. The lowest BCUT2D eigenvalue weighted by molar-refractivity contribution is -0.113. The maximum atomic E-state index is 12.7. The third-order valence-electron chi connectivity index (χ3n) is 5.09. The molecular weight excluding hydrogens is 440 g/mol. The molecule has 162 valence electrons. The zero-order valence-corrected chi connectivity index (χ0v) is 19.5. The van der Waals surface area contributed by atoms with Crippen molar-refractivity contribution in [3.8, 4) is 11.4 Å². The molecule has 4 aromatic rings. The minimum absolute atomic E-state index is 0.0824. The molecule has 0 aliphatic heterocycles. The Hall–Kier alpha value is -3.09. The van der Waals surface area contributed by atoms with Crippen LogP contribution < -0.4 is 5.32 Å². The Labute approximate surface area is 196 Å². The fourth-order valence-electron chi connectivity index (χ4n) is 3.46. The van der Waals surface area contributed by atoms with Crippen molar-refractivity contribution in [2.45, 2.75) is 25.5 Å². The van der Waals surface area contributed by atoms with E-state index in [0.29, 0.717) is 22.5 Å². The summed E-state index contributed by atoms with van der Waals surface area (Å²) in [5.41, 5.74) is 4.86. The first kappa shape index (κ1) is 22.1. The van der Waals surface area contributed by atoms with Gasteiger partial charge < -0.3 is 5.32 Å². The molecule has 0 spiro atoms. The maximum absolute atomic E-state index is 12.7. The van der Waals surface area contributed by atoms with Gasteiger partial charge >= 0.3 is 0 Å². The van der Waals surface area contributed by atoms with E-state index in [2.05, 4.69) is 27.6 Å². The number of carbonyl (C=O) groups is 1. The molecule has 7 heteroatoms. The molecule has 4 rings (SSSR count). The van der Waals surface area contributed by atoms with Crippen molar-refractivity contribution in [1.82, 2.24) is 14.8 Å². The predicted molar refractivity (Wildman–Crippen MR) is 131 cm³/mol. The summed E-state index contributed by atoms with van der Waals surface area (Å²) in [6, 6.07) is 23.6. The first-order valence-electron chi connectivity index (χ1n) is 10.2. The van der Waals surface area contributed by atoms with Gasteiger partial charge in [0.1, 0.15) is 0 Å². The summed E-state index contributed by atoms with van der Waals surface area (Å²) < 4.78 is 2.01. The minimum atomic E-state index is -0.0824. The van der Waals surface area contributed by atoms with Crippen LogP contribution in [0.5, 0.6) is 0 Å². The highest BCUT2D eigenvalue weighted by atomic mass is 35.5. The molecular formula is C25H23ClN4OS. The van der Waals surface area contributed by atoms with Crippen LogP contribution in [0.2, 0.25) is 5.02 Å². The number of halogens is 1. The van der Waals surface area contributed by atoms with Crippen LogP contribution in [0.15, 0.2) is 78.0 Å². The number of hydrogen-bond acceptors (Lipinski definition) is 4. The van der Waals surface area contributed by atoms with Crippen molar-refractivity contribution < 1.29 is 4.79 Å². The van der Waals surface area contributed by atoms with E-state index in [-0.39, 0.29) is 11.7 Å².